The predicted octanol–water partition coefficient (Wildman–Crippen LogP) is 2.93. The number of ether oxygens (including phenoxy) is 1. The normalized spacial score (nSPS) is 12.3. The van der Waals surface area contributed by atoms with E-state index < -0.39 is 22.0 Å². The smallest absolute Gasteiger partial charge is 0.324 e. The number of methoxy groups -OCH3 is 1. The summed E-state index contributed by atoms with van der Waals surface area (Å²) >= 11 is 1.61. The lowest BCUT2D eigenvalue weighted by molar-refractivity contribution is -0.143. The van der Waals surface area contributed by atoms with Crippen molar-refractivity contribution in [3.8, 4) is 11.8 Å². The number of rotatable bonds is 5. The molecule has 1 aromatic carbocycles. The van der Waals surface area contributed by atoms with Crippen LogP contribution in [-0.2, 0) is 19.6 Å². The van der Waals surface area contributed by atoms with Gasteiger partial charge in [-0.3, -0.25) is 4.79 Å². The zero-order chi connectivity index (χ0) is 19.3. The maximum Gasteiger partial charge on any atom is 0.324 e. The maximum atomic E-state index is 12.5. The molecule has 0 amide bonds. The van der Waals surface area contributed by atoms with E-state index in [1.807, 2.05) is 19.1 Å². The Kier molecular flexibility index (Phi) is 6.59. The number of sulfonamides is 1. The van der Waals surface area contributed by atoms with Crippen molar-refractivity contribution in [3.05, 3.63) is 51.7 Å². The Morgan fingerprint density at radius 1 is 1.12 bits per heavy atom. The van der Waals surface area contributed by atoms with E-state index in [0.717, 1.165) is 4.88 Å². The molecule has 7 heteroatoms. The van der Waals surface area contributed by atoms with Crippen molar-refractivity contribution >= 4 is 27.3 Å². The average Bonchev–Trinajstić information content (AvgIpc) is 3.03. The molecule has 0 radical (unpaired) electrons. The van der Waals surface area contributed by atoms with Crippen molar-refractivity contribution in [2.24, 2.45) is 5.92 Å². The number of hydrogen-bond donors (Lipinski definition) is 1. The first-order chi connectivity index (χ1) is 12.2. The Balaban J connectivity index is 2.18. The third kappa shape index (κ3) is 5.18. The van der Waals surface area contributed by atoms with Crippen molar-refractivity contribution < 1.29 is 17.9 Å². The number of benzene rings is 1. The second kappa shape index (κ2) is 8.49. The number of thiophene rings is 1. The van der Waals surface area contributed by atoms with Gasteiger partial charge >= 0.3 is 5.97 Å². The summed E-state index contributed by atoms with van der Waals surface area (Å²) in [4.78, 5) is 14.0. The van der Waals surface area contributed by atoms with Crippen LogP contribution in [-0.4, -0.2) is 27.5 Å². The molecule has 1 heterocycles. The van der Waals surface area contributed by atoms with Crippen molar-refractivity contribution in [1.29, 1.82) is 0 Å². The number of hydrogen-bond acceptors (Lipinski definition) is 5. The Bertz CT molecular complexity index is 932. The fourth-order valence-electron chi connectivity index (χ4n) is 2.17. The largest absolute Gasteiger partial charge is 0.468 e. The summed E-state index contributed by atoms with van der Waals surface area (Å²) in [5.41, 5.74) is 0.711. The van der Waals surface area contributed by atoms with E-state index in [1.165, 1.54) is 24.1 Å². The van der Waals surface area contributed by atoms with Crippen molar-refractivity contribution in [1.82, 2.24) is 4.72 Å². The summed E-state index contributed by atoms with van der Waals surface area (Å²) < 4.78 is 32.1. The highest BCUT2D eigenvalue weighted by Crippen LogP contribution is 2.15. The van der Waals surface area contributed by atoms with E-state index in [-0.39, 0.29) is 10.8 Å². The van der Waals surface area contributed by atoms with E-state index >= 15 is 0 Å². The van der Waals surface area contributed by atoms with E-state index in [0.29, 0.717) is 5.56 Å². The third-order valence-corrected chi connectivity index (χ3v) is 6.01. The molecule has 2 aromatic rings. The summed E-state index contributed by atoms with van der Waals surface area (Å²) in [6, 6.07) is 9.25. The third-order valence-electron chi connectivity index (χ3n) is 3.64. The lowest BCUT2D eigenvalue weighted by Crippen LogP contribution is -2.44. The molecule has 0 saturated carbocycles. The van der Waals surface area contributed by atoms with Gasteiger partial charge in [-0.1, -0.05) is 25.7 Å². The van der Waals surface area contributed by atoms with Gasteiger partial charge in [-0.05, 0) is 49.2 Å². The molecule has 0 aliphatic carbocycles. The second-order valence-corrected chi connectivity index (χ2v) is 9.05. The number of aryl methyl sites for hydroxylation is 1. The molecule has 5 nitrogen and oxygen atoms in total. The first-order valence-corrected chi connectivity index (χ1v) is 10.3. The zero-order valence-electron chi connectivity index (χ0n) is 15.1. The highest BCUT2D eigenvalue weighted by molar-refractivity contribution is 7.89. The highest BCUT2D eigenvalue weighted by atomic mass is 32.2. The molecule has 0 bridgehead atoms. The second-order valence-electron chi connectivity index (χ2n) is 6.05. The molecule has 0 aliphatic rings. The van der Waals surface area contributed by atoms with E-state index in [4.69, 9.17) is 0 Å². The Morgan fingerprint density at radius 3 is 2.27 bits per heavy atom. The minimum Gasteiger partial charge on any atom is -0.468 e. The average molecular weight is 392 g/mol. The van der Waals surface area contributed by atoms with Crippen LogP contribution in [0.2, 0.25) is 0 Å². The van der Waals surface area contributed by atoms with Crippen molar-refractivity contribution in [3.63, 3.8) is 0 Å². The van der Waals surface area contributed by atoms with Crippen LogP contribution >= 0.6 is 11.3 Å². The lowest BCUT2D eigenvalue weighted by Gasteiger charge is -2.19. The zero-order valence-corrected chi connectivity index (χ0v) is 16.7. The molecule has 1 aromatic heterocycles. The highest BCUT2D eigenvalue weighted by Gasteiger charge is 2.28. The quantitative estimate of drug-likeness (QED) is 0.628. The van der Waals surface area contributed by atoms with Crippen LogP contribution in [0.25, 0.3) is 0 Å². The molecule has 0 aliphatic heterocycles. The predicted molar refractivity (Wildman–Crippen MR) is 102 cm³/mol. The van der Waals surface area contributed by atoms with Crippen LogP contribution in [0.3, 0.4) is 0 Å². The molecule has 138 valence electrons. The molecular weight excluding hydrogens is 370 g/mol. The topological polar surface area (TPSA) is 72.5 Å². The van der Waals surface area contributed by atoms with Crippen LogP contribution in [0.15, 0.2) is 41.3 Å². The molecule has 0 unspecified atom stereocenters. The van der Waals surface area contributed by atoms with Gasteiger partial charge in [0.15, 0.2) is 0 Å². The molecule has 0 fully saturated rings. The monoisotopic (exact) mass is 391 g/mol. The summed E-state index contributed by atoms with van der Waals surface area (Å²) in [5.74, 6) is 5.21. The molecule has 0 saturated heterocycles. The van der Waals surface area contributed by atoms with Crippen LogP contribution in [0.4, 0.5) is 0 Å². The SMILES string of the molecule is COC(=O)[C@@H](NS(=O)(=O)c1ccc(C#Cc2ccc(C)s2)cc1)C(C)C. The van der Waals surface area contributed by atoms with Crippen LogP contribution in [0.5, 0.6) is 0 Å². The Labute approximate surface area is 158 Å². The van der Waals surface area contributed by atoms with Crippen LogP contribution < -0.4 is 4.72 Å². The van der Waals surface area contributed by atoms with Gasteiger partial charge in [-0.25, -0.2) is 8.42 Å². The van der Waals surface area contributed by atoms with Gasteiger partial charge in [0, 0.05) is 10.4 Å². The van der Waals surface area contributed by atoms with Crippen LogP contribution in [0.1, 0.15) is 29.2 Å². The number of carbonyl (C=O) groups is 1. The molecule has 26 heavy (non-hydrogen) atoms. The Morgan fingerprint density at radius 2 is 1.77 bits per heavy atom. The minimum absolute atomic E-state index is 0.0737. The van der Waals surface area contributed by atoms with Gasteiger partial charge in [-0.15, -0.1) is 11.3 Å². The summed E-state index contributed by atoms with van der Waals surface area (Å²) in [7, 11) is -2.61. The van der Waals surface area contributed by atoms with Gasteiger partial charge < -0.3 is 4.74 Å². The fraction of sp³-hybridized carbons (Fsp3) is 0.316. The maximum absolute atomic E-state index is 12.5. The van der Waals surface area contributed by atoms with Crippen molar-refractivity contribution in [2.45, 2.75) is 31.7 Å². The molecule has 1 atom stereocenters. The minimum atomic E-state index is -3.84. The van der Waals surface area contributed by atoms with Gasteiger partial charge in [0.1, 0.15) is 6.04 Å². The van der Waals surface area contributed by atoms with E-state index in [9.17, 15) is 13.2 Å². The van der Waals surface area contributed by atoms with Gasteiger partial charge in [0.05, 0.1) is 16.9 Å². The fourth-order valence-corrected chi connectivity index (χ4v) is 4.23. The van der Waals surface area contributed by atoms with Gasteiger partial charge in [0.2, 0.25) is 10.0 Å². The first-order valence-electron chi connectivity index (χ1n) is 8.01. The number of nitrogens with one attached hydrogen (secondary N) is 1. The molecule has 1 N–H and O–H groups in total. The first kappa shape index (κ1) is 20.2. The summed E-state index contributed by atoms with van der Waals surface area (Å²) in [6.07, 6.45) is 0. The van der Waals surface area contributed by atoms with Crippen LogP contribution in [0, 0.1) is 24.7 Å². The van der Waals surface area contributed by atoms with Gasteiger partial charge in [-0.2, -0.15) is 4.72 Å². The standard InChI is InChI=1S/C19H21NO4S2/c1-13(2)18(19(21)24-4)20-26(22,23)17-11-7-15(8-12-17)6-10-16-9-5-14(3)25-16/h5,7-9,11-13,18,20H,1-4H3/t18-/m0/s1. The number of carbonyl (C=O) groups excluding carboxylic acids is 1. The molecule has 0 spiro atoms. The van der Waals surface area contributed by atoms with E-state index in [2.05, 4.69) is 21.3 Å². The lowest BCUT2D eigenvalue weighted by atomic mass is 10.1. The summed E-state index contributed by atoms with van der Waals surface area (Å²) in [5, 5.41) is 0. The molecular formula is C19H21NO4S2. The summed E-state index contributed by atoms with van der Waals surface area (Å²) in [6.45, 7) is 5.51. The van der Waals surface area contributed by atoms with Gasteiger partial charge in [0.25, 0.3) is 0 Å². The van der Waals surface area contributed by atoms with E-state index in [1.54, 1.807) is 37.3 Å². The Hall–Kier alpha value is -2.14. The molecule has 2 rings (SSSR count). The van der Waals surface area contributed by atoms with Crippen molar-refractivity contribution in [2.75, 3.05) is 7.11 Å². The number of esters is 1.